The van der Waals surface area contributed by atoms with E-state index in [9.17, 15) is 8.42 Å². The fourth-order valence-electron chi connectivity index (χ4n) is 2.16. The first-order chi connectivity index (χ1) is 11.5. The maximum absolute atomic E-state index is 12.0. The maximum Gasteiger partial charge on any atom is 0.250 e. The molecule has 6 nitrogen and oxygen atoms in total. The Hall–Kier alpha value is -0.390. The van der Waals surface area contributed by atoms with Crippen LogP contribution in [0.15, 0.2) is 26.7 Å². The molecule has 0 amide bonds. The second-order valence-electron chi connectivity index (χ2n) is 5.63. The molecule has 0 fully saturated rings. The molecule has 0 aliphatic heterocycles. The van der Waals surface area contributed by atoms with Gasteiger partial charge in [0.25, 0.3) is 0 Å². The van der Waals surface area contributed by atoms with Crippen molar-refractivity contribution in [1.82, 2.24) is 15.4 Å². The molecular weight excluding hydrogens is 471 g/mol. The molecular formula is C16H31IN4O2S2. The summed E-state index contributed by atoms with van der Waals surface area (Å²) in [6.45, 7) is 7.79. The first kappa shape index (κ1) is 24.6. The third-order valence-corrected chi connectivity index (χ3v) is 6.26. The van der Waals surface area contributed by atoms with Crippen LogP contribution in [0.25, 0.3) is 0 Å². The molecule has 1 heterocycles. The van der Waals surface area contributed by atoms with Crippen molar-refractivity contribution in [2.45, 2.75) is 56.7 Å². The van der Waals surface area contributed by atoms with Crippen molar-refractivity contribution in [3.63, 3.8) is 0 Å². The number of hydrogen-bond donors (Lipinski definition) is 3. The molecule has 0 radical (unpaired) electrons. The van der Waals surface area contributed by atoms with Crippen LogP contribution in [-0.4, -0.2) is 40.1 Å². The SMILES string of the molecule is CCCCCC(C)NC(=NCCNS(=O)(=O)c1cccs1)NCC.I. The van der Waals surface area contributed by atoms with E-state index in [2.05, 4.69) is 34.2 Å². The predicted molar refractivity (Wildman–Crippen MR) is 118 cm³/mol. The average molecular weight is 502 g/mol. The fraction of sp³-hybridized carbons (Fsp3) is 0.688. The van der Waals surface area contributed by atoms with Crippen molar-refractivity contribution in [2.24, 2.45) is 4.99 Å². The minimum Gasteiger partial charge on any atom is -0.357 e. The zero-order valence-electron chi connectivity index (χ0n) is 15.2. The predicted octanol–water partition coefficient (Wildman–Crippen LogP) is 3.17. The molecule has 0 saturated carbocycles. The smallest absolute Gasteiger partial charge is 0.250 e. The molecule has 0 aliphatic rings. The van der Waals surface area contributed by atoms with Crippen molar-refractivity contribution < 1.29 is 8.42 Å². The van der Waals surface area contributed by atoms with Crippen molar-refractivity contribution in [2.75, 3.05) is 19.6 Å². The number of rotatable bonds is 11. The van der Waals surface area contributed by atoms with Crippen molar-refractivity contribution in [3.05, 3.63) is 17.5 Å². The molecule has 25 heavy (non-hydrogen) atoms. The molecule has 9 heteroatoms. The van der Waals surface area contributed by atoms with Gasteiger partial charge < -0.3 is 10.6 Å². The van der Waals surface area contributed by atoms with E-state index in [1.54, 1.807) is 17.5 Å². The van der Waals surface area contributed by atoms with E-state index in [1.807, 2.05) is 6.92 Å². The van der Waals surface area contributed by atoms with Gasteiger partial charge in [0.15, 0.2) is 5.96 Å². The van der Waals surface area contributed by atoms with Gasteiger partial charge in [0.2, 0.25) is 10.0 Å². The lowest BCUT2D eigenvalue weighted by Crippen LogP contribution is -2.42. The van der Waals surface area contributed by atoms with Crippen LogP contribution in [0.3, 0.4) is 0 Å². The summed E-state index contributed by atoms with van der Waals surface area (Å²) in [6.07, 6.45) is 4.75. The molecule has 0 aliphatic carbocycles. The van der Waals surface area contributed by atoms with Gasteiger partial charge >= 0.3 is 0 Å². The Morgan fingerprint density at radius 3 is 2.68 bits per heavy atom. The molecule has 1 atom stereocenters. The number of nitrogens with one attached hydrogen (secondary N) is 3. The normalized spacial score (nSPS) is 13.2. The highest BCUT2D eigenvalue weighted by atomic mass is 127. The van der Waals surface area contributed by atoms with Gasteiger partial charge in [-0.2, -0.15) is 0 Å². The molecule has 0 spiro atoms. The van der Waals surface area contributed by atoms with Crippen LogP contribution >= 0.6 is 35.3 Å². The number of sulfonamides is 1. The molecule has 0 saturated heterocycles. The molecule has 0 bridgehead atoms. The van der Waals surface area contributed by atoms with Crippen molar-refractivity contribution >= 4 is 51.3 Å². The Morgan fingerprint density at radius 1 is 1.32 bits per heavy atom. The highest BCUT2D eigenvalue weighted by molar-refractivity contribution is 14.0. The van der Waals surface area contributed by atoms with E-state index >= 15 is 0 Å². The summed E-state index contributed by atoms with van der Waals surface area (Å²) in [5.41, 5.74) is 0. The van der Waals surface area contributed by atoms with Gasteiger partial charge in [0, 0.05) is 19.1 Å². The van der Waals surface area contributed by atoms with Gasteiger partial charge in [-0.05, 0) is 31.7 Å². The van der Waals surface area contributed by atoms with E-state index in [-0.39, 0.29) is 30.5 Å². The van der Waals surface area contributed by atoms with Crippen LogP contribution < -0.4 is 15.4 Å². The summed E-state index contributed by atoms with van der Waals surface area (Å²) in [5.74, 6) is 0.733. The Balaban J connectivity index is 0.00000576. The summed E-state index contributed by atoms with van der Waals surface area (Å²) in [5, 5.41) is 8.31. The molecule has 1 rings (SSSR count). The Morgan fingerprint density at radius 2 is 2.08 bits per heavy atom. The number of hydrogen-bond acceptors (Lipinski definition) is 4. The Labute approximate surface area is 173 Å². The van der Waals surface area contributed by atoms with Crippen LogP contribution in [0.4, 0.5) is 0 Å². The van der Waals surface area contributed by atoms with E-state index in [4.69, 9.17) is 0 Å². The first-order valence-electron chi connectivity index (χ1n) is 8.57. The number of guanidine groups is 1. The second-order valence-corrected chi connectivity index (χ2v) is 8.57. The van der Waals surface area contributed by atoms with Gasteiger partial charge in [-0.3, -0.25) is 4.99 Å². The summed E-state index contributed by atoms with van der Waals surface area (Å²) in [7, 11) is -3.41. The minimum atomic E-state index is -3.41. The largest absolute Gasteiger partial charge is 0.357 e. The topological polar surface area (TPSA) is 82.6 Å². The lowest BCUT2D eigenvalue weighted by Gasteiger charge is -2.17. The zero-order chi connectivity index (χ0) is 17.8. The molecule has 1 unspecified atom stereocenters. The monoisotopic (exact) mass is 502 g/mol. The lowest BCUT2D eigenvalue weighted by atomic mass is 10.1. The number of thiophene rings is 1. The van der Waals surface area contributed by atoms with Gasteiger partial charge in [0.1, 0.15) is 4.21 Å². The summed E-state index contributed by atoms with van der Waals surface area (Å²) in [4.78, 5) is 4.44. The number of nitrogens with zero attached hydrogens (tertiary/aromatic N) is 1. The van der Waals surface area contributed by atoms with E-state index < -0.39 is 10.0 Å². The minimum absolute atomic E-state index is 0. The van der Waals surface area contributed by atoms with Crippen LogP contribution in [0.5, 0.6) is 0 Å². The van der Waals surface area contributed by atoms with E-state index in [1.165, 1.54) is 30.6 Å². The highest BCUT2D eigenvalue weighted by Gasteiger charge is 2.13. The van der Waals surface area contributed by atoms with Gasteiger partial charge in [-0.15, -0.1) is 35.3 Å². The van der Waals surface area contributed by atoms with Gasteiger partial charge in [-0.1, -0.05) is 32.3 Å². The van der Waals surface area contributed by atoms with Crippen molar-refractivity contribution in [3.8, 4) is 0 Å². The van der Waals surface area contributed by atoms with Crippen LogP contribution in [0.2, 0.25) is 0 Å². The maximum atomic E-state index is 12.0. The van der Waals surface area contributed by atoms with Gasteiger partial charge in [-0.25, -0.2) is 13.1 Å². The summed E-state index contributed by atoms with van der Waals surface area (Å²) >= 11 is 1.21. The molecule has 1 aromatic heterocycles. The number of unbranched alkanes of at least 4 members (excludes halogenated alkanes) is 2. The molecule has 146 valence electrons. The third kappa shape index (κ3) is 10.4. The Bertz CT molecular complexity index is 577. The van der Waals surface area contributed by atoms with Gasteiger partial charge in [0.05, 0.1) is 6.54 Å². The van der Waals surface area contributed by atoms with Crippen LogP contribution in [-0.2, 0) is 10.0 Å². The van der Waals surface area contributed by atoms with E-state index in [0.717, 1.165) is 18.9 Å². The first-order valence-corrected chi connectivity index (χ1v) is 10.9. The number of aliphatic imine (C=N–C) groups is 1. The average Bonchev–Trinajstić information content (AvgIpc) is 3.07. The standard InChI is InChI=1S/C16H30N4O2S2.HI/c1-4-6-7-9-14(3)20-16(17-5-2)18-11-12-19-24(21,22)15-10-8-13-23-15;/h8,10,13-14,19H,4-7,9,11-12H2,1-3H3,(H2,17,18,20);1H. The molecule has 0 aromatic carbocycles. The lowest BCUT2D eigenvalue weighted by molar-refractivity contribution is 0.546. The fourth-order valence-corrected chi connectivity index (χ4v) is 4.22. The summed E-state index contributed by atoms with van der Waals surface area (Å²) in [6, 6.07) is 3.67. The second kappa shape index (κ2) is 13.8. The van der Waals surface area contributed by atoms with Crippen LogP contribution in [0.1, 0.15) is 46.5 Å². The van der Waals surface area contributed by atoms with Crippen molar-refractivity contribution in [1.29, 1.82) is 0 Å². The number of halogens is 1. The quantitative estimate of drug-likeness (QED) is 0.188. The summed E-state index contributed by atoms with van der Waals surface area (Å²) < 4.78 is 26.9. The molecule has 1 aromatic rings. The molecule has 3 N–H and O–H groups in total. The zero-order valence-corrected chi connectivity index (χ0v) is 19.2. The third-order valence-electron chi connectivity index (χ3n) is 3.40. The Kier molecular flexibility index (Phi) is 13.6. The van der Waals surface area contributed by atoms with E-state index in [0.29, 0.717) is 16.8 Å². The highest BCUT2D eigenvalue weighted by Crippen LogP contribution is 2.14. The van der Waals surface area contributed by atoms with Crippen LogP contribution in [0, 0.1) is 0 Å².